The van der Waals surface area contributed by atoms with Crippen LogP contribution in [-0.2, 0) is 14.9 Å². The van der Waals surface area contributed by atoms with Crippen LogP contribution in [0.5, 0.6) is 0 Å². The number of rotatable bonds is 1. The summed E-state index contributed by atoms with van der Waals surface area (Å²) >= 11 is 0. The van der Waals surface area contributed by atoms with Gasteiger partial charge in [-0.1, -0.05) is 6.08 Å². The lowest BCUT2D eigenvalue weighted by Gasteiger charge is -2.02. The summed E-state index contributed by atoms with van der Waals surface area (Å²) < 4.78 is 29.6. The van der Waals surface area contributed by atoms with Gasteiger partial charge in [0.1, 0.15) is 5.94 Å². The Morgan fingerprint density at radius 1 is 1.42 bits per heavy atom. The Kier molecular flexibility index (Phi) is 2.28. The van der Waals surface area contributed by atoms with Crippen molar-refractivity contribution in [2.75, 3.05) is 0 Å². The fraction of sp³-hybridized carbons (Fsp3) is 0.143. The summed E-state index contributed by atoms with van der Waals surface area (Å²) in [5, 5.41) is 0. The molecule has 0 heterocycles. The molecule has 1 aliphatic carbocycles. The lowest BCUT2D eigenvalue weighted by molar-refractivity contribution is 0.492. The Balaban J connectivity index is 3.00. The smallest absolute Gasteiger partial charge is 0.282 e. The fourth-order valence-electron chi connectivity index (χ4n) is 0.796. The van der Waals surface area contributed by atoms with Gasteiger partial charge in [-0.2, -0.15) is 8.42 Å². The van der Waals surface area contributed by atoms with E-state index >= 15 is 0 Å². The van der Waals surface area contributed by atoms with Gasteiger partial charge in [0.25, 0.3) is 10.1 Å². The Hall–Kier alpha value is -1.16. The predicted octanol–water partition coefficient (Wildman–Crippen LogP) is 0.476. The summed E-state index contributed by atoms with van der Waals surface area (Å²) in [5.41, 5.74) is 0.363. The van der Waals surface area contributed by atoms with Crippen LogP contribution in [0, 0.1) is 0 Å². The van der Waals surface area contributed by atoms with Gasteiger partial charge in [-0.05, 0) is 12.2 Å². The summed E-state index contributed by atoms with van der Waals surface area (Å²) in [6.45, 7) is 0. The molecule has 0 bridgehead atoms. The van der Waals surface area contributed by atoms with Crippen molar-refractivity contribution < 1.29 is 17.8 Å². The van der Waals surface area contributed by atoms with E-state index in [2.05, 4.69) is 0 Å². The van der Waals surface area contributed by atoms with Gasteiger partial charge < -0.3 is 0 Å². The minimum Gasteiger partial charge on any atom is -0.282 e. The van der Waals surface area contributed by atoms with Crippen LogP contribution < -0.4 is 0 Å². The molecule has 0 unspecified atom stereocenters. The van der Waals surface area contributed by atoms with Crippen molar-refractivity contribution in [1.29, 1.82) is 0 Å². The van der Waals surface area contributed by atoms with Gasteiger partial charge in [0.05, 0.1) is 4.91 Å². The molecule has 12 heavy (non-hydrogen) atoms. The monoisotopic (exact) mass is 186 g/mol. The zero-order valence-electron chi connectivity index (χ0n) is 6.02. The van der Waals surface area contributed by atoms with Crippen molar-refractivity contribution in [3.8, 4) is 0 Å². The minimum absolute atomic E-state index is 0.179. The van der Waals surface area contributed by atoms with Gasteiger partial charge in [0.15, 0.2) is 0 Å². The van der Waals surface area contributed by atoms with E-state index in [1.807, 2.05) is 0 Å². The Bertz CT molecular complexity index is 393. The molecule has 5 heteroatoms. The molecule has 0 saturated carbocycles. The van der Waals surface area contributed by atoms with E-state index in [-0.39, 0.29) is 11.3 Å². The summed E-state index contributed by atoms with van der Waals surface area (Å²) in [6.07, 6.45) is 3.93. The summed E-state index contributed by atoms with van der Waals surface area (Å²) in [5.74, 6) is 1.63. The molecular weight excluding hydrogens is 180 g/mol. The summed E-state index contributed by atoms with van der Waals surface area (Å²) in [7, 11) is -4.13. The maximum atomic E-state index is 10.5. The first kappa shape index (κ1) is 8.93. The molecule has 0 spiro atoms. The van der Waals surface area contributed by atoms with Crippen LogP contribution in [0.1, 0.15) is 6.42 Å². The molecule has 1 N–H and O–H groups in total. The number of hydrogen-bond acceptors (Lipinski definition) is 3. The molecule has 0 aromatic rings. The van der Waals surface area contributed by atoms with E-state index in [4.69, 9.17) is 4.55 Å². The van der Waals surface area contributed by atoms with Gasteiger partial charge in [-0.15, -0.1) is 0 Å². The van der Waals surface area contributed by atoms with Crippen LogP contribution in [0.25, 0.3) is 0 Å². The van der Waals surface area contributed by atoms with Crippen molar-refractivity contribution >= 4 is 16.1 Å². The summed E-state index contributed by atoms with van der Waals surface area (Å²) in [4.78, 5) is 9.88. The van der Waals surface area contributed by atoms with Crippen LogP contribution in [0.15, 0.2) is 28.7 Å². The molecule has 64 valence electrons. The molecule has 0 atom stereocenters. The maximum Gasteiger partial charge on any atom is 0.294 e. The second-order valence-electron chi connectivity index (χ2n) is 2.25. The molecule has 4 nitrogen and oxygen atoms in total. The highest BCUT2D eigenvalue weighted by molar-refractivity contribution is 7.90. The molecule has 0 aromatic carbocycles. The number of hydrogen-bond donors (Lipinski definition) is 1. The van der Waals surface area contributed by atoms with E-state index in [1.54, 1.807) is 5.94 Å². The van der Waals surface area contributed by atoms with Crippen LogP contribution in [0.2, 0.25) is 0 Å². The molecular formula is C7H6O4S. The topological polar surface area (TPSA) is 71.4 Å². The first-order valence-corrected chi connectivity index (χ1v) is 4.58. The van der Waals surface area contributed by atoms with Crippen LogP contribution in [0.4, 0.5) is 0 Å². The molecule has 0 amide bonds. The lowest BCUT2D eigenvalue weighted by Crippen LogP contribution is -2.02. The van der Waals surface area contributed by atoms with Crippen molar-refractivity contribution in [3.63, 3.8) is 0 Å². The Morgan fingerprint density at radius 2 is 2.08 bits per heavy atom. The highest BCUT2D eigenvalue weighted by atomic mass is 32.2. The first-order chi connectivity index (χ1) is 5.54. The zero-order valence-corrected chi connectivity index (χ0v) is 6.84. The van der Waals surface area contributed by atoms with Crippen LogP contribution in [0.3, 0.4) is 0 Å². The first-order valence-electron chi connectivity index (χ1n) is 3.14. The van der Waals surface area contributed by atoms with E-state index in [0.717, 1.165) is 0 Å². The zero-order chi connectivity index (χ0) is 9.19. The minimum atomic E-state index is -4.13. The van der Waals surface area contributed by atoms with E-state index in [9.17, 15) is 13.2 Å². The van der Waals surface area contributed by atoms with Gasteiger partial charge in [-0.3, -0.25) is 4.55 Å². The Labute approximate surface area is 69.6 Å². The second kappa shape index (κ2) is 3.06. The molecule has 0 radical (unpaired) electrons. The predicted molar refractivity (Wildman–Crippen MR) is 42.6 cm³/mol. The van der Waals surface area contributed by atoms with Crippen molar-refractivity contribution in [2.24, 2.45) is 0 Å². The molecule has 0 aliphatic heterocycles. The van der Waals surface area contributed by atoms with Gasteiger partial charge in [-0.25, -0.2) is 4.79 Å². The normalized spacial score (nSPS) is 17.1. The third kappa shape index (κ3) is 1.92. The van der Waals surface area contributed by atoms with Crippen molar-refractivity contribution in [3.05, 3.63) is 28.7 Å². The Morgan fingerprint density at radius 3 is 2.42 bits per heavy atom. The number of allylic oxidation sites excluding steroid dienone is 4. The fourth-order valence-corrected chi connectivity index (χ4v) is 1.33. The molecule has 0 aromatic heterocycles. The van der Waals surface area contributed by atoms with Gasteiger partial charge in [0.2, 0.25) is 0 Å². The molecule has 1 aliphatic rings. The van der Waals surface area contributed by atoms with Gasteiger partial charge in [0, 0.05) is 12.0 Å². The molecule has 0 saturated heterocycles. The van der Waals surface area contributed by atoms with Crippen molar-refractivity contribution in [1.82, 2.24) is 0 Å². The lowest BCUT2D eigenvalue weighted by atomic mass is 10.1. The van der Waals surface area contributed by atoms with Gasteiger partial charge >= 0.3 is 0 Å². The highest BCUT2D eigenvalue weighted by Gasteiger charge is 2.13. The maximum absolute atomic E-state index is 10.5. The third-order valence-electron chi connectivity index (χ3n) is 1.40. The van der Waals surface area contributed by atoms with E-state index in [1.165, 1.54) is 18.2 Å². The highest BCUT2D eigenvalue weighted by Crippen LogP contribution is 2.16. The van der Waals surface area contributed by atoms with E-state index in [0.29, 0.717) is 5.57 Å². The van der Waals surface area contributed by atoms with Crippen LogP contribution >= 0.6 is 0 Å². The van der Waals surface area contributed by atoms with Crippen LogP contribution in [-0.4, -0.2) is 18.9 Å². The second-order valence-corrected chi connectivity index (χ2v) is 3.67. The molecule has 1 rings (SSSR count). The quantitative estimate of drug-likeness (QED) is 0.477. The third-order valence-corrected chi connectivity index (χ3v) is 2.30. The largest absolute Gasteiger partial charge is 0.294 e. The average molecular weight is 186 g/mol. The standard InChI is InChI=1S/C7H6O4S/c8-5-6-1-3-7(4-2-6)12(9,10)11/h1,3-4H,2H2,(H,9,10,11). The average Bonchev–Trinajstić information content (AvgIpc) is 2.03. The number of carbonyl (C=O) groups excluding carboxylic acids is 1. The molecule has 0 fully saturated rings. The summed E-state index contributed by atoms with van der Waals surface area (Å²) in [6, 6.07) is 0. The van der Waals surface area contributed by atoms with E-state index < -0.39 is 10.1 Å². The van der Waals surface area contributed by atoms with Crippen molar-refractivity contribution in [2.45, 2.75) is 6.42 Å². The SMILES string of the molecule is O=C=C1C=CC(S(=O)(=O)O)=CC1.